The SMILES string of the molecule is NC(=S)c1ncccc1CN1Cc2ccccc2C1. The van der Waals surface area contributed by atoms with Crippen LogP contribution < -0.4 is 5.73 Å². The van der Waals surface area contributed by atoms with Crippen molar-refractivity contribution in [2.75, 3.05) is 0 Å². The first-order valence-corrected chi connectivity index (χ1v) is 6.67. The van der Waals surface area contributed by atoms with Gasteiger partial charge in [0, 0.05) is 25.8 Å². The maximum Gasteiger partial charge on any atom is 0.123 e. The molecular weight excluding hydrogens is 254 g/mol. The molecule has 1 aliphatic heterocycles. The summed E-state index contributed by atoms with van der Waals surface area (Å²) in [4.78, 5) is 7.02. The molecule has 0 aliphatic carbocycles. The average molecular weight is 269 g/mol. The van der Waals surface area contributed by atoms with Crippen molar-refractivity contribution in [3.8, 4) is 0 Å². The van der Waals surface area contributed by atoms with Crippen molar-refractivity contribution < 1.29 is 0 Å². The second-order valence-electron chi connectivity index (χ2n) is 4.79. The number of hydrogen-bond acceptors (Lipinski definition) is 3. The third-order valence-corrected chi connectivity index (χ3v) is 3.62. The molecule has 0 unspecified atom stereocenters. The van der Waals surface area contributed by atoms with Crippen molar-refractivity contribution in [2.24, 2.45) is 5.73 Å². The van der Waals surface area contributed by atoms with Crippen molar-refractivity contribution in [1.29, 1.82) is 0 Å². The molecule has 19 heavy (non-hydrogen) atoms. The van der Waals surface area contributed by atoms with Crippen LogP contribution in [0.3, 0.4) is 0 Å². The number of aromatic nitrogens is 1. The molecule has 4 heteroatoms. The summed E-state index contributed by atoms with van der Waals surface area (Å²) in [6.45, 7) is 2.78. The summed E-state index contributed by atoms with van der Waals surface area (Å²) in [7, 11) is 0. The van der Waals surface area contributed by atoms with Gasteiger partial charge in [-0.1, -0.05) is 42.5 Å². The number of hydrogen-bond donors (Lipinski definition) is 1. The maximum atomic E-state index is 5.72. The van der Waals surface area contributed by atoms with Gasteiger partial charge < -0.3 is 5.73 Å². The number of rotatable bonds is 3. The van der Waals surface area contributed by atoms with Gasteiger partial charge in [-0.3, -0.25) is 9.88 Å². The predicted molar refractivity (Wildman–Crippen MR) is 79.5 cm³/mol. The monoisotopic (exact) mass is 269 g/mol. The van der Waals surface area contributed by atoms with Gasteiger partial charge in [0.15, 0.2) is 0 Å². The fourth-order valence-corrected chi connectivity index (χ4v) is 2.73. The van der Waals surface area contributed by atoms with Gasteiger partial charge >= 0.3 is 0 Å². The van der Waals surface area contributed by atoms with E-state index in [0.29, 0.717) is 4.99 Å². The molecular formula is C15H15N3S. The largest absolute Gasteiger partial charge is 0.388 e. The van der Waals surface area contributed by atoms with Gasteiger partial charge in [-0.15, -0.1) is 0 Å². The summed E-state index contributed by atoms with van der Waals surface area (Å²) in [5, 5.41) is 0. The zero-order valence-electron chi connectivity index (χ0n) is 10.5. The Morgan fingerprint density at radius 3 is 2.47 bits per heavy atom. The number of thiocarbonyl (C=S) groups is 1. The third-order valence-electron chi connectivity index (χ3n) is 3.42. The summed E-state index contributed by atoms with van der Waals surface area (Å²) in [5.74, 6) is 0. The van der Waals surface area contributed by atoms with Crippen LogP contribution in [-0.2, 0) is 19.6 Å². The molecule has 3 nitrogen and oxygen atoms in total. The number of fused-ring (bicyclic) bond motifs is 1. The van der Waals surface area contributed by atoms with Crippen LogP contribution in [0.25, 0.3) is 0 Å². The second-order valence-corrected chi connectivity index (χ2v) is 5.23. The molecule has 0 radical (unpaired) electrons. The van der Waals surface area contributed by atoms with E-state index in [-0.39, 0.29) is 0 Å². The Morgan fingerprint density at radius 1 is 1.16 bits per heavy atom. The van der Waals surface area contributed by atoms with Crippen molar-refractivity contribution in [2.45, 2.75) is 19.6 Å². The van der Waals surface area contributed by atoms with Gasteiger partial charge in [-0.05, 0) is 22.8 Å². The molecule has 2 aromatic rings. The molecule has 2 heterocycles. The first kappa shape index (κ1) is 12.3. The van der Waals surface area contributed by atoms with Crippen molar-refractivity contribution in [1.82, 2.24) is 9.88 Å². The molecule has 2 N–H and O–H groups in total. The molecule has 0 bridgehead atoms. The van der Waals surface area contributed by atoms with Crippen LogP contribution in [0.4, 0.5) is 0 Å². The number of pyridine rings is 1. The summed E-state index contributed by atoms with van der Waals surface area (Å²) in [6, 6.07) is 12.5. The average Bonchev–Trinajstić information content (AvgIpc) is 2.81. The Labute approximate surface area is 118 Å². The quantitative estimate of drug-likeness (QED) is 0.868. The minimum atomic E-state index is 0.368. The smallest absolute Gasteiger partial charge is 0.123 e. The van der Waals surface area contributed by atoms with E-state index < -0.39 is 0 Å². The minimum absolute atomic E-state index is 0.368. The zero-order chi connectivity index (χ0) is 13.2. The Kier molecular flexibility index (Phi) is 3.27. The molecule has 0 saturated carbocycles. The van der Waals surface area contributed by atoms with Crippen molar-refractivity contribution >= 4 is 17.2 Å². The van der Waals surface area contributed by atoms with E-state index in [1.807, 2.05) is 12.1 Å². The Balaban J connectivity index is 1.80. The second kappa shape index (κ2) is 5.07. The molecule has 1 aromatic carbocycles. The zero-order valence-corrected chi connectivity index (χ0v) is 11.4. The van der Waals surface area contributed by atoms with Gasteiger partial charge in [0.25, 0.3) is 0 Å². The van der Waals surface area contributed by atoms with Gasteiger partial charge in [-0.2, -0.15) is 0 Å². The van der Waals surface area contributed by atoms with Crippen LogP contribution in [0.15, 0.2) is 42.6 Å². The van der Waals surface area contributed by atoms with Crippen molar-refractivity contribution in [3.05, 3.63) is 65.0 Å². The molecule has 0 spiro atoms. The van der Waals surface area contributed by atoms with E-state index >= 15 is 0 Å². The number of nitrogens with zero attached hydrogens (tertiary/aromatic N) is 2. The van der Waals surface area contributed by atoms with E-state index in [2.05, 4.69) is 34.1 Å². The Bertz CT molecular complexity index is 599. The highest BCUT2D eigenvalue weighted by Gasteiger charge is 2.19. The minimum Gasteiger partial charge on any atom is -0.388 e. The number of benzene rings is 1. The molecule has 0 saturated heterocycles. The van der Waals surface area contributed by atoms with Crippen LogP contribution >= 0.6 is 12.2 Å². The van der Waals surface area contributed by atoms with Crippen LogP contribution in [0.1, 0.15) is 22.4 Å². The molecule has 0 atom stereocenters. The van der Waals surface area contributed by atoms with Crippen molar-refractivity contribution in [3.63, 3.8) is 0 Å². The maximum absolute atomic E-state index is 5.72. The van der Waals surface area contributed by atoms with E-state index in [0.717, 1.165) is 30.9 Å². The molecule has 1 aromatic heterocycles. The fourth-order valence-electron chi connectivity index (χ4n) is 2.54. The molecule has 0 fully saturated rings. The first-order valence-electron chi connectivity index (χ1n) is 6.27. The van der Waals surface area contributed by atoms with Crippen LogP contribution in [-0.4, -0.2) is 14.9 Å². The highest BCUT2D eigenvalue weighted by Crippen LogP contribution is 2.24. The first-order chi connectivity index (χ1) is 9.24. The lowest BCUT2D eigenvalue weighted by atomic mass is 10.1. The van der Waals surface area contributed by atoms with E-state index in [1.54, 1.807) is 6.20 Å². The molecule has 0 amide bonds. The summed E-state index contributed by atoms with van der Waals surface area (Å²) >= 11 is 5.06. The number of nitrogens with two attached hydrogens (primary N) is 1. The van der Waals surface area contributed by atoms with Crippen LogP contribution in [0.2, 0.25) is 0 Å². The lowest BCUT2D eigenvalue weighted by molar-refractivity contribution is 0.275. The van der Waals surface area contributed by atoms with Crippen LogP contribution in [0, 0.1) is 0 Å². The van der Waals surface area contributed by atoms with Gasteiger partial charge in [-0.25, -0.2) is 0 Å². The highest BCUT2D eigenvalue weighted by atomic mass is 32.1. The Morgan fingerprint density at radius 2 is 1.84 bits per heavy atom. The normalized spacial score (nSPS) is 14.3. The van der Waals surface area contributed by atoms with E-state index in [1.165, 1.54) is 11.1 Å². The Hall–Kier alpha value is -1.78. The standard InChI is InChI=1S/C15H15N3S/c16-15(19)14-13(6-3-7-17-14)10-18-8-11-4-1-2-5-12(11)9-18/h1-7H,8-10H2,(H2,16,19). The summed E-state index contributed by atoms with van der Waals surface area (Å²) < 4.78 is 0. The predicted octanol–water partition coefficient (Wildman–Crippen LogP) is 2.23. The third kappa shape index (κ3) is 2.50. The topological polar surface area (TPSA) is 42.1 Å². The summed E-state index contributed by atoms with van der Waals surface area (Å²) in [6.07, 6.45) is 1.73. The molecule has 96 valence electrons. The van der Waals surface area contributed by atoms with E-state index in [9.17, 15) is 0 Å². The van der Waals surface area contributed by atoms with Gasteiger partial charge in [0.2, 0.25) is 0 Å². The fraction of sp³-hybridized carbons (Fsp3) is 0.200. The van der Waals surface area contributed by atoms with Gasteiger partial charge in [0.1, 0.15) is 10.7 Å². The van der Waals surface area contributed by atoms with Gasteiger partial charge in [0.05, 0.1) is 0 Å². The highest BCUT2D eigenvalue weighted by molar-refractivity contribution is 7.80. The molecule has 1 aliphatic rings. The summed E-state index contributed by atoms with van der Waals surface area (Å²) in [5.41, 5.74) is 10.4. The van der Waals surface area contributed by atoms with E-state index in [4.69, 9.17) is 18.0 Å². The lowest BCUT2D eigenvalue weighted by Gasteiger charge is -2.16. The van der Waals surface area contributed by atoms with Crippen LogP contribution in [0.5, 0.6) is 0 Å². The lowest BCUT2D eigenvalue weighted by Crippen LogP contribution is -2.20. The molecule has 3 rings (SSSR count).